The van der Waals surface area contributed by atoms with Crippen molar-refractivity contribution in [2.75, 3.05) is 26.2 Å². The zero-order valence-corrected chi connectivity index (χ0v) is 19.8. The van der Waals surface area contributed by atoms with E-state index in [-0.39, 0.29) is 5.91 Å². The molecule has 0 bridgehead atoms. The van der Waals surface area contributed by atoms with Crippen molar-refractivity contribution in [3.05, 3.63) is 81.8 Å². The van der Waals surface area contributed by atoms with Crippen LogP contribution >= 0.6 is 11.3 Å². The molecule has 0 spiro atoms. The summed E-state index contributed by atoms with van der Waals surface area (Å²) in [5.74, 6) is 0.960. The van der Waals surface area contributed by atoms with Gasteiger partial charge in [0.1, 0.15) is 12.4 Å². The van der Waals surface area contributed by atoms with Gasteiger partial charge in [-0.1, -0.05) is 30.3 Å². The molecular formula is C26H28N4O2S. The quantitative estimate of drug-likeness (QED) is 0.426. The van der Waals surface area contributed by atoms with E-state index in [1.54, 1.807) is 0 Å². The van der Waals surface area contributed by atoms with Gasteiger partial charge in [-0.3, -0.25) is 14.4 Å². The summed E-state index contributed by atoms with van der Waals surface area (Å²) in [4.78, 5) is 18.2. The Bertz CT molecular complexity index is 1270. The van der Waals surface area contributed by atoms with Crippen molar-refractivity contribution in [1.82, 2.24) is 19.6 Å². The minimum absolute atomic E-state index is 0.120. The largest absolute Gasteiger partial charge is 0.489 e. The van der Waals surface area contributed by atoms with E-state index in [0.29, 0.717) is 6.61 Å². The fourth-order valence-corrected chi connectivity index (χ4v) is 5.16. The molecule has 0 radical (unpaired) electrons. The van der Waals surface area contributed by atoms with E-state index in [2.05, 4.69) is 40.5 Å². The van der Waals surface area contributed by atoms with Crippen LogP contribution in [0.15, 0.2) is 60.1 Å². The highest BCUT2D eigenvalue weighted by Crippen LogP contribution is 2.23. The molecule has 4 aromatic rings. The molecule has 1 aliphatic rings. The van der Waals surface area contributed by atoms with Crippen molar-refractivity contribution < 1.29 is 9.53 Å². The van der Waals surface area contributed by atoms with Gasteiger partial charge in [-0.15, -0.1) is 11.3 Å². The van der Waals surface area contributed by atoms with E-state index in [4.69, 9.17) is 4.74 Å². The molecule has 0 N–H and O–H groups in total. The van der Waals surface area contributed by atoms with Crippen molar-refractivity contribution in [1.29, 1.82) is 0 Å². The van der Waals surface area contributed by atoms with Crippen molar-refractivity contribution in [3.8, 4) is 5.75 Å². The Morgan fingerprint density at radius 2 is 1.85 bits per heavy atom. The first-order chi connectivity index (χ1) is 16.0. The second kappa shape index (κ2) is 9.37. The molecule has 2 aromatic heterocycles. The standard InChI is InChI=1S/C26H28N4O2S/c1-19-23(15-28(2)27-19)16-29-9-11-30(12-10-29)26(31)25-13-20(18-33-25)17-32-24-8-7-21-5-3-4-6-22(21)14-24/h3-8,13-15,18H,9-12,16-17H2,1-2H3. The number of thiophene rings is 1. The van der Waals surface area contributed by atoms with Crippen molar-refractivity contribution in [3.63, 3.8) is 0 Å². The van der Waals surface area contributed by atoms with Crippen LogP contribution in [0.3, 0.4) is 0 Å². The molecule has 2 aromatic carbocycles. The first-order valence-electron chi connectivity index (χ1n) is 11.2. The predicted molar refractivity (Wildman–Crippen MR) is 132 cm³/mol. The van der Waals surface area contributed by atoms with Gasteiger partial charge >= 0.3 is 0 Å². The third-order valence-electron chi connectivity index (χ3n) is 6.16. The maximum absolute atomic E-state index is 13.0. The Hall–Kier alpha value is -3.16. The lowest BCUT2D eigenvalue weighted by Crippen LogP contribution is -2.48. The molecule has 5 rings (SSSR count). The fourth-order valence-electron chi connectivity index (χ4n) is 4.30. The van der Waals surface area contributed by atoms with Gasteiger partial charge < -0.3 is 9.64 Å². The van der Waals surface area contributed by atoms with Gasteiger partial charge in [0.05, 0.1) is 10.6 Å². The van der Waals surface area contributed by atoms with Crippen LogP contribution < -0.4 is 4.74 Å². The van der Waals surface area contributed by atoms with E-state index in [1.807, 2.05) is 53.2 Å². The summed E-state index contributed by atoms with van der Waals surface area (Å²) >= 11 is 1.50. The normalized spacial score (nSPS) is 14.7. The predicted octanol–water partition coefficient (Wildman–Crippen LogP) is 4.48. The van der Waals surface area contributed by atoms with Crippen LogP contribution in [0, 0.1) is 6.92 Å². The summed E-state index contributed by atoms with van der Waals surface area (Å²) < 4.78 is 7.85. The summed E-state index contributed by atoms with van der Waals surface area (Å²) in [6.07, 6.45) is 2.08. The van der Waals surface area contributed by atoms with Crippen molar-refractivity contribution >= 4 is 28.0 Å². The van der Waals surface area contributed by atoms with Crippen LogP contribution in [-0.4, -0.2) is 51.7 Å². The minimum atomic E-state index is 0.120. The first-order valence-corrected chi connectivity index (χ1v) is 12.1. The zero-order chi connectivity index (χ0) is 22.8. The molecule has 1 fully saturated rings. The molecular weight excluding hydrogens is 432 g/mol. The highest BCUT2D eigenvalue weighted by Gasteiger charge is 2.24. The molecule has 1 saturated heterocycles. The van der Waals surface area contributed by atoms with Gasteiger partial charge in [0, 0.05) is 57.1 Å². The number of aryl methyl sites for hydroxylation is 2. The number of piperazine rings is 1. The number of aromatic nitrogens is 2. The van der Waals surface area contributed by atoms with Gasteiger partial charge in [0.15, 0.2) is 0 Å². The molecule has 3 heterocycles. The monoisotopic (exact) mass is 460 g/mol. The Morgan fingerprint density at radius 3 is 2.61 bits per heavy atom. The van der Waals surface area contributed by atoms with Crippen LogP contribution in [-0.2, 0) is 20.2 Å². The number of nitrogens with zero attached hydrogens (tertiary/aromatic N) is 4. The SMILES string of the molecule is Cc1nn(C)cc1CN1CCN(C(=O)c2cc(COc3ccc4ccccc4c3)cs2)CC1. The van der Waals surface area contributed by atoms with E-state index in [9.17, 15) is 4.79 Å². The van der Waals surface area contributed by atoms with Crippen LogP contribution in [0.25, 0.3) is 10.8 Å². The van der Waals surface area contributed by atoms with Crippen LogP contribution in [0.1, 0.15) is 26.5 Å². The Labute approximate surface area is 198 Å². The third-order valence-corrected chi connectivity index (χ3v) is 7.13. The lowest BCUT2D eigenvalue weighted by atomic mass is 10.1. The Morgan fingerprint density at radius 1 is 1.06 bits per heavy atom. The molecule has 33 heavy (non-hydrogen) atoms. The number of benzene rings is 2. The summed E-state index contributed by atoms with van der Waals surface area (Å²) in [5, 5.41) is 8.81. The molecule has 1 aliphatic heterocycles. The lowest BCUT2D eigenvalue weighted by Gasteiger charge is -2.34. The molecule has 170 valence electrons. The number of fused-ring (bicyclic) bond motifs is 1. The highest BCUT2D eigenvalue weighted by molar-refractivity contribution is 7.12. The molecule has 6 nitrogen and oxygen atoms in total. The summed E-state index contributed by atoms with van der Waals surface area (Å²) in [6.45, 7) is 6.65. The van der Waals surface area contributed by atoms with Crippen molar-refractivity contribution in [2.24, 2.45) is 7.05 Å². The van der Waals surface area contributed by atoms with E-state index in [1.165, 1.54) is 22.3 Å². The van der Waals surface area contributed by atoms with Gasteiger partial charge in [-0.05, 0) is 41.3 Å². The van der Waals surface area contributed by atoms with Crippen molar-refractivity contribution in [2.45, 2.75) is 20.1 Å². The number of amides is 1. The average Bonchev–Trinajstić information content (AvgIpc) is 3.43. The molecule has 7 heteroatoms. The fraction of sp³-hybridized carbons (Fsp3) is 0.308. The average molecular weight is 461 g/mol. The highest BCUT2D eigenvalue weighted by atomic mass is 32.1. The topological polar surface area (TPSA) is 50.6 Å². The zero-order valence-electron chi connectivity index (χ0n) is 19.0. The number of carbonyl (C=O) groups excluding carboxylic acids is 1. The molecule has 0 unspecified atom stereocenters. The van der Waals surface area contributed by atoms with Gasteiger partial charge in [-0.2, -0.15) is 5.10 Å². The summed E-state index contributed by atoms with van der Waals surface area (Å²) in [5.41, 5.74) is 3.36. The number of rotatable bonds is 6. The molecule has 0 saturated carbocycles. The van der Waals surface area contributed by atoms with E-state index < -0.39 is 0 Å². The van der Waals surface area contributed by atoms with Crippen LogP contribution in [0.4, 0.5) is 0 Å². The summed E-state index contributed by atoms with van der Waals surface area (Å²) in [7, 11) is 1.95. The number of hydrogen-bond acceptors (Lipinski definition) is 5. The molecule has 0 aliphatic carbocycles. The smallest absolute Gasteiger partial charge is 0.264 e. The van der Waals surface area contributed by atoms with E-state index >= 15 is 0 Å². The lowest BCUT2D eigenvalue weighted by molar-refractivity contribution is 0.0633. The van der Waals surface area contributed by atoms with Crippen LogP contribution in [0.5, 0.6) is 5.75 Å². The first kappa shape index (κ1) is 21.7. The molecule has 1 amide bonds. The number of hydrogen-bond donors (Lipinski definition) is 0. The second-order valence-electron chi connectivity index (χ2n) is 8.60. The second-order valence-corrected chi connectivity index (χ2v) is 9.51. The molecule has 0 atom stereocenters. The van der Waals surface area contributed by atoms with Gasteiger partial charge in [0.2, 0.25) is 0 Å². The number of carbonyl (C=O) groups is 1. The van der Waals surface area contributed by atoms with Gasteiger partial charge in [-0.25, -0.2) is 0 Å². The minimum Gasteiger partial charge on any atom is -0.489 e. The number of ether oxygens (including phenoxy) is 1. The summed E-state index contributed by atoms with van der Waals surface area (Å²) in [6, 6.07) is 16.3. The van der Waals surface area contributed by atoms with Gasteiger partial charge in [0.25, 0.3) is 5.91 Å². The Balaban J connectivity index is 1.14. The van der Waals surface area contributed by atoms with Crippen LogP contribution in [0.2, 0.25) is 0 Å². The third kappa shape index (κ3) is 4.94. The maximum Gasteiger partial charge on any atom is 0.264 e. The Kier molecular flexibility index (Phi) is 6.15. The maximum atomic E-state index is 13.0. The van der Waals surface area contributed by atoms with E-state index in [0.717, 1.165) is 60.0 Å².